The summed E-state index contributed by atoms with van der Waals surface area (Å²) in [6.07, 6.45) is 2.72. The highest BCUT2D eigenvalue weighted by Crippen LogP contribution is 2.38. The first-order valence-corrected chi connectivity index (χ1v) is 6.99. The molecule has 0 saturated heterocycles. The lowest BCUT2D eigenvalue weighted by atomic mass is 10.1. The lowest BCUT2D eigenvalue weighted by Crippen LogP contribution is -1.92. The molecule has 8 nitrogen and oxygen atoms in total. The second kappa shape index (κ2) is 7.82. The molecule has 0 radical (unpaired) electrons. The highest BCUT2D eigenvalue weighted by atomic mass is 16.5. The largest absolute Gasteiger partial charge is 0.496 e. The average molecular weight is 345 g/mol. The molecule has 25 heavy (non-hydrogen) atoms. The highest BCUT2D eigenvalue weighted by Gasteiger charge is 2.15. The van der Waals surface area contributed by atoms with Crippen molar-refractivity contribution in [3.05, 3.63) is 42.7 Å². The molecule has 0 aliphatic heterocycles. The van der Waals surface area contributed by atoms with Gasteiger partial charge in [-0.05, 0) is 18.2 Å². The van der Waals surface area contributed by atoms with E-state index in [1.54, 1.807) is 20.5 Å². The maximum atomic E-state index is 9.55. The topological polar surface area (TPSA) is 119 Å². The molecule has 3 rings (SSSR count). The minimum Gasteiger partial charge on any atom is -0.496 e. The van der Waals surface area contributed by atoms with E-state index in [0.29, 0.717) is 17.9 Å². The van der Waals surface area contributed by atoms with Crippen LogP contribution in [0.15, 0.2) is 47.1 Å². The Balaban J connectivity index is 0.000000242. The Morgan fingerprint density at radius 1 is 1.08 bits per heavy atom. The lowest BCUT2D eigenvalue weighted by molar-refractivity contribution is -0.134. The van der Waals surface area contributed by atoms with Crippen LogP contribution in [0.2, 0.25) is 0 Å². The molecule has 0 fully saturated rings. The van der Waals surface area contributed by atoms with Crippen molar-refractivity contribution in [2.24, 2.45) is 0 Å². The van der Waals surface area contributed by atoms with Crippen molar-refractivity contribution in [1.82, 2.24) is 4.98 Å². The van der Waals surface area contributed by atoms with Crippen molar-refractivity contribution < 1.29 is 33.7 Å². The highest BCUT2D eigenvalue weighted by molar-refractivity contribution is 6.02. The smallest absolute Gasteiger partial charge is 0.328 e. The zero-order chi connectivity index (χ0) is 18.4. The summed E-state index contributed by atoms with van der Waals surface area (Å²) in [7, 11) is 3.27. The molecular weight excluding hydrogens is 330 g/mol. The SMILES string of the molecule is COc1cccc2nc3occc3c(OC)c12.O=C(O)/C=C/C(=O)O. The van der Waals surface area contributed by atoms with Crippen LogP contribution in [0, 0.1) is 0 Å². The standard InChI is InChI=1S/C13H11NO3.C4H4O4/c1-15-10-5-3-4-9-11(10)12(16-2)8-6-7-17-13(8)14-9;5-3(6)1-2-4(7)8/h3-7H,1-2H3;1-2H,(H,5,6)(H,7,8)/b;2-1+. The Hall–Kier alpha value is -3.55. The summed E-state index contributed by atoms with van der Waals surface area (Å²) in [5.74, 6) is -1.04. The van der Waals surface area contributed by atoms with Crippen LogP contribution < -0.4 is 9.47 Å². The van der Waals surface area contributed by atoms with Crippen molar-refractivity contribution in [3.63, 3.8) is 0 Å². The van der Waals surface area contributed by atoms with E-state index >= 15 is 0 Å². The molecule has 2 aromatic heterocycles. The maximum absolute atomic E-state index is 9.55. The van der Waals surface area contributed by atoms with Crippen LogP contribution in [0.5, 0.6) is 11.5 Å². The summed E-state index contributed by atoms with van der Waals surface area (Å²) in [5.41, 5.74) is 1.37. The number of carbonyl (C=O) groups is 2. The van der Waals surface area contributed by atoms with Gasteiger partial charge < -0.3 is 24.1 Å². The summed E-state index contributed by atoms with van der Waals surface area (Å²) >= 11 is 0. The van der Waals surface area contributed by atoms with Gasteiger partial charge in [-0.3, -0.25) is 0 Å². The number of nitrogens with zero attached hydrogens (tertiary/aromatic N) is 1. The van der Waals surface area contributed by atoms with E-state index in [1.807, 2.05) is 24.3 Å². The van der Waals surface area contributed by atoms with Crippen LogP contribution in [0.25, 0.3) is 22.0 Å². The van der Waals surface area contributed by atoms with Gasteiger partial charge in [0, 0.05) is 12.2 Å². The molecule has 3 aromatic rings. The van der Waals surface area contributed by atoms with Crippen molar-refractivity contribution in [2.45, 2.75) is 0 Å². The zero-order valence-corrected chi connectivity index (χ0v) is 13.4. The second-order valence-corrected chi connectivity index (χ2v) is 4.65. The van der Waals surface area contributed by atoms with Crippen LogP contribution in [0.3, 0.4) is 0 Å². The van der Waals surface area contributed by atoms with Crippen LogP contribution in [-0.4, -0.2) is 41.4 Å². The number of methoxy groups -OCH3 is 2. The number of rotatable bonds is 4. The number of carboxylic acid groups (broad SMARTS) is 2. The van der Waals surface area contributed by atoms with E-state index in [1.165, 1.54) is 0 Å². The number of hydrogen-bond donors (Lipinski definition) is 2. The van der Waals surface area contributed by atoms with Crippen LogP contribution in [0.1, 0.15) is 0 Å². The molecule has 8 heteroatoms. The minimum absolute atomic E-state index is 0.558. The first kappa shape index (κ1) is 17.8. The number of pyridine rings is 1. The fraction of sp³-hybridized carbons (Fsp3) is 0.118. The zero-order valence-electron chi connectivity index (χ0n) is 13.4. The Morgan fingerprint density at radius 2 is 1.76 bits per heavy atom. The molecule has 0 spiro atoms. The Kier molecular flexibility index (Phi) is 5.57. The number of aromatic nitrogens is 1. The second-order valence-electron chi connectivity index (χ2n) is 4.65. The van der Waals surface area contributed by atoms with Gasteiger partial charge in [0.1, 0.15) is 11.5 Å². The van der Waals surface area contributed by atoms with E-state index in [0.717, 1.165) is 27.8 Å². The molecule has 0 saturated carbocycles. The summed E-state index contributed by atoms with van der Waals surface area (Å²) in [5, 5.41) is 17.3. The van der Waals surface area contributed by atoms with Gasteiger partial charge in [-0.1, -0.05) is 6.07 Å². The van der Waals surface area contributed by atoms with Gasteiger partial charge >= 0.3 is 11.9 Å². The van der Waals surface area contributed by atoms with Crippen LogP contribution in [-0.2, 0) is 9.59 Å². The molecule has 2 N–H and O–H groups in total. The number of aliphatic carboxylic acids is 2. The molecule has 0 unspecified atom stereocenters. The number of benzene rings is 1. The van der Waals surface area contributed by atoms with Crippen molar-refractivity contribution in [2.75, 3.05) is 14.2 Å². The first-order valence-electron chi connectivity index (χ1n) is 6.99. The van der Waals surface area contributed by atoms with Crippen molar-refractivity contribution in [1.29, 1.82) is 0 Å². The first-order chi connectivity index (χ1) is 12.0. The predicted octanol–water partition coefficient (Wildman–Crippen LogP) is 2.71. The van der Waals surface area contributed by atoms with Gasteiger partial charge in [0.25, 0.3) is 0 Å². The average Bonchev–Trinajstić information content (AvgIpc) is 3.06. The number of furan rings is 1. The summed E-state index contributed by atoms with van der Waals surface area (Å²) in [6, 6.07) is 7.52. The number of hydrogen-bond acceptors (Lipinski definition) is 6. The summed E-state index contributed by atoms with van der Waals surface area (Å²) in [4.78, 5) is 23.5. The summed E-state index contributed by atoms with van der Waals surface area (Å²) < 4.78 is 16.1. The molecule has 130 valence electrons. The van der Waals surface area contributed by atoms with Gasteiger partial charge in [0.2, 0.25) is 5.71 Å². The number of fused-ring (bicyclic) bond motifs is 2. The molecule has 0 amide bonds. The lowest BCUT2D eigenvalue weighted by Gasteiger charge is -2.09. The Labute approximate surface area is 141 Å². The van der Waals surface area contributed by atoms with E-state index < -0.39 is 11.9 Å². The molecular formula is C17H15NO7. The number of carboxylic acids is 2. The summed E-state index contributed by atoms with van der Waals surface area (Å²) in [6.45, 7) is 0. The van der Waals surface area contributed by atoms with Gasteiger partial charge in [0.05, 0.1) is 36.8 Å². The quantitative estimate of drug-likeness (QED) is 0.693. The van der Waals surface area contributed by atoms with Crippen LogP contribution in [0.4, 0.5) is 0 Å². The van der Waals surface area contributed by atoms with E-state index in [2.05, 4.69) is 4.98 Å². The fourth-order valence-corrected chi connectivity index (χ4v) is 2.17. The van der Waals surface area contributed by atoms with E-state index in [4.69, 9.17) is 24.1 Å². The normalized spacial score (nSPS) is 10.5. The van der Waals surface area contributed by atoms with E-state index in [9.17, 15) is 9.59 Å². The Morgan fingerprint density at radius 3 is 2.32 bits per heavy atom. The van der Waals surface area contributed by atoms with Crippen molar-refractivity contribution in [3.8, 4) is 11.5 Å². The maximum Gasteiger partial charge on any atom is 0.328 e. The Bertz CT molecular complexity index is 927. The molecule has 0 bridgehead atoms. The molecule has 0 aliphatic rings. The minimum atomic E-state index is -1.26. The van der Waals surface area contributed by atoms with Crippen LogP contribution >= 0.6 is 0 Å². The predicted molar refractivity (Wildman–Crippen MR) is 89.0 cm³/mol. The molecule has 0 atom stereocenters. The third-order valence-electron chi connectivity index (χ3n) is 3.14. The number of ether oxygens (including phenoxy) is 2. The third kappa shape index (κ3) is 4.05. The van der Waals surface area contributed by atoms with Gasteiger partial charge in [-0.25, -0.2) is 14.6 Å². The molecule has 0 aliphatic carbocycles. The molecule has 2 heterocycles. The van der Waals surface area contributed by atoms with Gasteiger partial charge in [-0.2, -0.15) is 0 Å². The van der Waals surface area contributed by atoms with Gasteiger partial charge in [-0.15, -0.1) is 0 Å². The van der Waals surface area contributed by atoms with Crippen molar-refractivity contribution >= 4 is 33.9 Å². The molecule has 1 aromatic carbocycles. The third-order valence-corrected chi connectivity index (χ3v) is 3.14. The monoisotopic (exact) mass is 345 g/mol. The fourth-order valence-electron chi connectivity index (χ4n) is 2.17. The van der Waals surface area contributed by atoms with Gasteiger partial charge in [0.15, 0.2) is 0 Å². The van der Waals surface area contributed by atoms with E-state index in [-0.39, 0.29) is 0 Å².